The number of carbonyl (C=O) groups is 2. The van der Waals surface area contributed by atoms with Crippen LogP contribution < -0.4 is 0 Å². The molecule has 1 atom stereocenters. The predicted octanol–water partition coefficient (Wildman–Crippen LogP) is 0.750. The van der Waals surface area contributed by atoms with Crippen molar-refractivity contribution in [3.05, 3.63) is 0 Å². The summed E-state index contributed by atoms with van der Waals surface area (Å²) in [7, 11) is 0. The molecule has 0 aliphatic carbocycles. The second kappa shape index (κ2) is 6.04. The van der Waals surface area contributed by atoms with Crippen LogP contribution in [0.15, 0.2) is 0 Å². The lowest BCUT2D eigenvalue weighted by Crippen LogP contribution is -2.55. The summed E-state index contributed by atoms with van der Waals surface area (Å²) in [5.74, 6) is -0.964. The van der Waals surface area contributed by atoms with Gasteiger partial charge in [0.05, 0.1) is 6.61 Å². The Morgan fingerprint density at radius 1 is 1.39 bits per heavy atom. The van der Waals surface area contributed by atoms with Crippen molar-refractivity contribution in [2.75, 3.05) is 26.2 Å². The Bertz CT molecular complexity index is 315. The molecule has 0 aromatic carbocycles. The molecular weight excluding hydrogens is 236 g/mol. The molecule has 0 spiro atoms. The van der Waals surface area contributed by atoms with E-state index in [-0.39, 0.29) is 19.2 Å². The van der Waals surface area contributed by atoms with E-state index in [1.54, 1.807) is 6.92 Å². The number of aliphatic carboxylic acids is 1. The third-order valence-corrected chi connectivity index (χ3v) is 3.47. The molecule has 6 heteroatoms. The summed E-state index contributed by atoms with van der Waals surface area (Å²) in [5, 5.41) is 18.2. The predicted molar refractivity (Wildman–Crippen MR) is 66.3 cm³/mol. The Hall–Kier alpha value is -1.30. The average molecular weight is 258 g/mol. The van der Waals surface area contributed by atoms with Gasteiger partial charge in [-0.1, -0.05) is 6.92 Å². The first-order valence-corrected chi connectivity index (χ1v) is 6.38. The van der Waals surface area contributed by atoms with Crippen molar-refractivity contribution in [3.63, 3.8) is 0 Å². The summed E-state index contributed by atoms with van der Waals surface area (Å²) in [5.41, 5.74) is -1.11. The Labute approximate surface area is 107 Å². The number of amides is 2. The van der Waals surface area contributed by atoms with E-state index < -0.39 is 11.5 Å². The number of aliphatic hydroxyl groups is 1. The van der Waals surface area contributed by atoms with E-state index in [1.807, 2.05) is 6.92 Å². The van der Waals surface area contributed by atoms with Crippen LogP contribution in [0.2, 0.25) is 0 Å². The van der Waals surface area contributed by atoms with E-state index in [1.165, 1.54) is 9.80 Å². The highest BCUT2D eigenvalue weighted by molar-refractivity contribution is 5.86. The summed E-state index contributed by atoms with van der Waals surface area (Å²) < 4.78 is 0. The van der Waals surface area contributed by atoms with Gasteiger partial charge in [-0.3, -0.25) is 0 Å². The van der Waals surface area contributed by atoms with Gasteiger partial charge in [-0.05, 0) is 26.2 Å². The third-order valence-electron chi connectivity index (χ3n) is 3.47. The Balaban J connectivity index is 2.83. The third kappa shape index (κ3) is 2.75. The van der Waals surface area contributed by atoms with Gasteiger partial charge in [0, 0.05) is 19.6 Å². The van der Waals surface area contributed by atoms with Gasteiger partial charge in [0.15, 0.2) is 0 Å². The molecule has 0 saturated carbocycles. The normalized spacial score (nSPS) is 23.2. The molecule has 1 fully saturated rings. The number of urea groups is 1. The second-order valence-corrected chi connectivity index (χ2v) is 4.83. The molecule has 0 aromatic rings. The second-order valence-electron chi connectivity index (χ2n) is 4.83. The van der Waals surface area contributed by atoms with Crippen LogP contribution in [0.4, 0.5) is 4.79 Å². The summed E-state index contributed by atoms with van der Waals surface area (Å²) in [4.78, 5) is 26.6. The number of hydrogen-bond donors (Lipinski definition) is 2. The standard InChI is InChI=1S/C12H22N2O4/c1-3-6-13(8-9-15)11(18)14-7-4-5-12(14,2)10(16)17/h15H,3-9H2,1-2H3,(H,16,17). The molecule has 2 amide bonds. The van der Waals surface area contributed by atoms with Gasteiger partial charge < -0.3 is 20.0 Å². The van der Waals surface area contributed by atoms with Crippen LogP contribution in [0.3, 0.4) is 0 Å². The van der Waals surface area contributed by atoms with Crippen LogP contribution in [-0.4, -0.2) is 63.8 Å². The van der Waals surface area contributed by atoms with E-state index >= 15 is 0 Å². The Morgan fingerprint density at radius 3 is 2.56 bits per heavy atom. The lowest BCUT2D eigenvalue weighted by atomic mass is 10.00. The van der Waals surface area contributed by atoms with Gasteiger partial charge in [0.2, 0.25) is 0 Å². The van der Waals surface area contributed by atoms with Crippen molar-refractivity contribution in [1.29, 1.82) is 0 Å². The van der Waals surface area contributed by atoms with Gasteiger partial charge in [-0.15, -0.1) is 0 Å². The minimum atomic E-state index is -1.11. The van der Waals surface area contributed by atoms with Gasteiger partial charge in [0.1, 0.15) is 5.54 Å². The molecule has 104 valence electrons. The van der Waals surface area contributed by atoms with Crippen molar-refractivity contribution in [2.45, 2.75) is 38.6 Å². The van der Waals surface area contributed by atoms with Crippen molar-refractivity contribution in [2.24, 2.45) is 0 Å². The average Bonchev–Trinajstić information content (AvgIpc) is 2.71. The van der Waals surface area contributed by atoms with Crippen LogP contribution in [-0.2, 0) is 4.79 Å². The number of nitrogens with zero attached hydrogens (tertiary/aromatic N) is 2. The largest absolute Gasteiger partial charge is 0.480 e. The molecule has 1 rings (SSSR count). The molecule has 1 saturated heterocycles. The minimum absolute atomic E-state index is 0.108. The van der Waals surface area contributed by atoms with Crippen LogP contribution >= 0.6 is 0 Å². The smallest absolute Gasteiger partial charge is 0.329 e. The van der Waals surface area contributed by atoms with E-state index in [9.17, 15) is 14.7 Å². The molecule has 0 bridgehead atoms. The van der Waals surface area contributed by atoms with Gasteiger partial charge in [-0.25, -0.2) is 9.59 Å². The molecule has 18 heavy (non-hydrogen) atoms. The molecule has 0 aromatic heterocycles. The van der Waals surface area contributed by atoms with Crippen molar-refractivity contribution in [1.82, 2.24) is 9.80 Å². The maximum Gasteiger partial charge on any atom is 0.329 e. The fourth-order valence-electron chi connectivity index (χ4n) is 2.36. The molecule has 1 heterocycles. The van der Waals surface area contributed by atoms with E-state index in [4.69, 9.17) is 5.11 Å². The number of carboxylic acid groups (broad SMARTS) is 1. The van der Waals surface area contributed by atoms with E-state index in [2.05, 4.69) is 0 Å². The van der Waals surface area contributed by atoms with E-state index in [0.717, 1.165) is 6.42 Å². The topological polar surface area (TPSA) is 81.1 Å². The maximum absolute atomic E-state index is 12.3. The SMILES string of the molecule is CCCN(CCO)C(=O)N1CCCC1(C)C(=O)O. The Kier molecular flexibility index (Phi) is 4.95. The van der Waals surface area contributed by atoms with E-state index in [0.29, 0.717) is 25.9 Å². The molecule has 1 unspecified atom stereocenters. The Morgan fingerprint density at radius 2 is 2.06 bits per heavy atom. The monoisotopic (exact) mass is 258 g/mol. The molecule has 6 nitrogen and oxygen atoms in total. The number of carbonyl (C=O) groups excluding carboxylic acids is 1. The van der Waals surface area contributed by atoms with Crippen molar-refractivity contribution < 1.29 is 19.8 Å². The van der Waals surface area contributed by atoms with Crippen LogP contribution in [0, 0.1) is 0 Å². The number of carboxylic acids is 1. The number of aliphatic hydroxyl groups excluding tert-OH is 1. The molecule has 2 N–H and O–H groups in total. The zero-order valence-electron chi connectivity index (χ0n) is 11.1. The summed E-state index contributed by atoms with van der Waals surface area (Å²) in [6, 6.07) is -0.284. The zero-order chi connectivity index (χ0) is 13.8. The first-order chi connectivity index (χ1) is 8.47. The van der Waals surface area contributed by atoms with Gasteiger partial charge in [0.25, 0.3) is 0 Å². The molecular formula is C12H22N2O4. The fourth-order valence-corrected chi connectivity index (χ4v) is 2.36. The number of likely N-dealkylation sites (tertiary alicyclic amines) is 1. The molecule has 1 aliphatic rings. The van der Waals surface area contributed by atoms with Crippen LogP contribution in [0.25, 0.3) is 0 Å². The van der Waals surface area contributed by atoms with Gasteiger partial charge in [-0.2, -0.15) is 0 Å². The first-order valence-electron chi connectivity index (χ1n) is 6.38. The minimum Gasteiger partial charge on any atom is -0.480 e. The zero-order valence-corrected chi connectivity index (χ0v) is 11.1. The number of hydrogen-bond acceptors (Lipinski definition) is 3. The molecule has 0 radical (unpaired) electrons. The summed E-state index contributed by atoms with van der Waals surface area (Å²) in [6.45, 7) is 4.67. The van der Waals surface area contributed by atoms with Crippen molar-refractivity contribution in [3.8, 4) is 0 Å². The summed E-state index contributed by atoms with van der Waals surface area (Å²) >= 11 is 0. The van der Waals surface area contributed by atoms with Gasteiger partial charge >= 0.3 is 12.0 Å². The fraction of sp³-hybridized carbons (Fsp3) is 0.833. The highest BCUT2D eigenvalue weighted by Gasteiger charge is 2.46. The summed E-state index contributed by atoms with van der Waals surface area (Å²) in [6.07, 6.45) is 1.96. The highest BCUT2D eigenvalue weighted by Crippen LogP contribution is 2.30. The molecule has 1 aliphatic heterocycles. The van der Waals surface area contributed by atoms with Crippen LogP contribution in [0.1, 0.15) is 33.1 Å². The van der Waals surface area contributed by atoms with Crippen molar-refractivity contribution >= 4 is 12.0 Å². The lowest BCUT2D eigenvalue weighted by Gasteiger charge is -2.35. The quantitative estimate of drug-likeness (QED) is 0.762. The van der Waals surface area contributed by atoms with Crippen LogP contribution in [0.5, 0.6) is 0 Å². The lowest BCUT2D eigenvalue weighted by molar-refractivity contribution is -0.147. The highest BCUT2D eigenvalue weighted by atomic mass is 16.4. The number of rotatable bonds is 5. The first kappa shape index (κ1) is 14.8. The maximum atomic E-state index is 12.3.